The van der Waals surface area contributed by atoms with E-state index >= 15 is 0 Å². The molecular weight excluding hydrogens is 394 g/mol. The topological polar surface area (TPSA) is 55.2 Å². The van der Waals surface area contributed by atoms with E-state index in [0.29, 0.717) is 27.6 Å². The highest BCUT2D eigenvalue weighted by Crippen LogP contribution is 2.21. The van der Waals surface area contributed by atoms with Crippen molar-refractivity contribution < 1.29 is 4.79 Å². The summed E-state index contributed by atoms with van der Waals surface area (Å²) in [5.41, 5.74) is 1.53. The van der Waals surface area contributed by atoms with Gasteiger partial charge in [-0.1, -0.05) is 47.6 Å². The van der Waals surface area contributed by atoms with Gasteiger partial charge >= 0.3 is 0 Å². The van der Waals surface area contributed by atoms with Gasteiger partial charge in [0.05, 0.1) is 16.7 Å². The van der Waals surface area contributed by atoms with Gasteiger partial charge in [0, 0.05) is 24.7 Å². The highest BCUT2D eigenvalue weighted by atomic mass is 35.5. The van der Waals surface area contributed by atoms with Crippen LogP contribution >= 0.6 is 23.4 Å². The van der Waals surface area contributed by atoms with Crippen LogP contribution in [0.15, 0.2) is 58.5 Å². The van der Waals surface area contributed by atoms with Gasteiger partial charge in [-0.3, -0.25) is 14.2 Å². The molecule has 0 saturated heterocycles. The van der Waals surface area contributed by atoms with Crippen molar-refractivity contribution in [3.63, 3.8) is 0 Å². The summed E-state index contributed by atoms with van der Waals surface area (Å²) in [6.07, 6.45) is 0. The largest absolute Gasteiger partial charge is 0.341 e. The average molecular weight is 416 g/mol. The Bertz CT molecular complexity index is 1060. The number of rotatable bonds is 6. The summed E-state index contributed by atoms with van der Waals surface area (Å²) < 4.78 is 1.65. The van der Waals surface area contributed by atoms with Crippen LogP contribution in [0.5, 0.6) is 0 Å². The molecule has 0 bridgehead atoms. The maximum absolute atomic E-state index is 12.8. The summed E-state index contributed by atoms with van der Waals surface area (Å²) in [7, 11) is 1.76. The van der Waals surface area contributed by atoms with Crippen LogP contribution < -0.4 is 5.56 Å². The van der Waals surface area contributed by atoms with E-state index in [0.717, 1.165) is 5.56 Å². The maximum Gasteiger partial charge on any atom is 0.262 e. The van der Waals surface area contributed by atoms with Crippen LogP contribution in [-0.4, -0.2) is 33.2 Å². The third-order valence-electron chi connectivity index (χ3n) is 4.35. The summed E-state index contributed by atoms with van der Waals surface area (Å²) in [6.45, 7) is 4.35. The van der Waals surface area contributed by atoms with Gasteiger partial charge in [-0.05, 0) is 43.7 Å². The number of halogens is 1. The molecule has 1 heterocycles. The molecule has 0 atom stereocenters. The third kappa shape index (κ3) is 4.56. The van der Waals surface area contributed by atoms with Gasteiger partial charge in [0.1, 0.15) is 0 Å². The van der Waals surface area contributed by atoms with Crippen LogP contribution in [-0.2, 0) is 11.3 Å². The summed E-state index contributed by atoms with van der Waals surface area (Å²) in [4.78, 5) is 31.7. The molecule has 0 aliphatic carbocycles. The minimum absolute atomic E-state index is 0.0392. The monoisotopic (exact) mass is 415 g/mol. The smallest absolute Gasteiger partial charge is 0.262 e. The Morgan fingerprint density at radius 3 is 2.68 bits per heavy atom. The molecule has 0 unspecified atom stereocenters. The second-order valence-electron chi connectivity index (χ2n) is 6.85. The average Bonchev–Trinajstić information content (AvgIpc) is 2.65. The van der Waals surface area contributed by atoms with E-state index < -0.39 is 0 Å². The molecule has 28 heavy (non-hydrogen) atoms. The molecule has 5 nitrogen and oxygen atoms in total. The van der Waals surface area contributed by atoms with Gasteiger partial charge < -0.3 is 4.90 Å². The number of fused-ring (bicyclic) bond motifs is 1. The number of hydrogen-bond acceptors (Lipinski definition) is 4. The Morgan fingerprint density at radius 1 is 1.21 bits per heavy atom. The lowest BCUT2D eigenvalue weighted by Crippen LogP contribution is -2.29. The first-order valence-corrected chi connectivity index (χ1v) is 10.4. The van der Waals surface area contributed by atoms with Crippen LogP contribution in [0.1, 0.15) is 25.5 Å². The van der Waals surface area contributed by atoms with Crippen molar-refractivity contribution in [1.29, 1.82) is 0 Å². The Morgan fingerprint density at radius 2 is 1.96 bits per heavy atom. The number of carbonyl (C=O) groups is 1. The van der Waals surface area contributed by atoms with E-state index in [4.69, 9.17) is 11.6 Å². The third-order valence-corrected chi connectivity index (χ3v) is 5.52. The minimum Gasteiger partial charge on any atom is -0.341 e. The van der Waals surface area contributed by atoms with Gasteiger partial charge in [0.15, 0.2) is 5.16 Å². The molecular formula is C21H22ClN3O2S. The second-order valence-corrected chi connectivity index (χ2v) is 8.23. The maximum atomic E-state index is 12.8. The van der Waals surface area contributed by atoms with Crippen molar-refractivity contribution in [2.75, 3.05) is 12.8 Å². The van der Waals surface area contributed by atoms with Crippen LogP contribution in [0.4, 0.5) is 0 Å². The number of aromatic nitrogens is 2. The number of para-hydroxylation sites is 1. The first kappa shape index (κ1) is 20.4. The van der Waals surface area contributed by atoms with E-state index in [1.165, 1.54) is 11.8 Å². The second kappa shape index (κ2) is 8.80. The van der Waals surface area contributed by atoms with E-state index in [-0.39, 0.29) is 23.3 Å². The molecule has 0 radical (unpaired) electrons. The molecule has 0 saturated carbocycles. The number of benzene rings is 2. The molecule has 2 aromatic carbocycles. The zero-order chi connectivity index (χ0) is 20.3. The standard InChI is InChI=1S/C21H22ClN3O2S/c1-14(2)25-20(27)17-9-4-5-10-18(17)23-21(25)28-13-19(26)24(3)12-15-7-6-8-16(22)11-15/h4-11,14H,12-13H2,1-3H3. The molecule has 3 aromatic rings. The SMILES string of the molecule is CC(C)n1c(SCC(=O)N(C)Cc2cccc(Cl)c2)nc2ccccc2c1=O. The number of carbonyl (C=O) groups excluding carboxylic acids is 1. The molecule has 0 spiro atoms. The fourth-order valence-electron chi connectivity index (χ4n) is 2.92. The first-order chi connectivity index (χ1) is 13.4. The Balaban J connectivity index is 1.78. The van der Waals surface area contributed by atoms with Crippen molar-refractivity contribution >= 4 is 40.2 Å². The van der Waals surface area contributed by atoms with Crippen molar-refractivity contribution in [2.45, 2.75) is 31.6 Å². The molecule has 1 aromatic heterocycles. The highest BCUT2D eigenvalue weighted by Gasteiger charge is 2.17. The molecule has 0 fully saturated rings. The van der Waals surface area contributed by atoms with Crippen molar-refractivity contribution in [2.24, 2.45) is 0 Å². The molecule has 146 valence electrons. The molecule has 0 aliphatic heterocycles. The van der Waals surface area contributed by atoms with Gasteiger partial charge in [0.25, 0.3) is 5.56 Å². The van der Waals surface area contributed by atoms with Crippen LogP contribution in [0.2, 0.25) is 5.02 Å². The quantitative estimate of drug-likeness (QED) is 0.442. The van der Waals surface area contributed by atoms with Crippen molar-refractivity contribution in [1.82, 2.24) is 14.5 Å². The zero-order valence-electron chi connectivity index (χ0n) is 16.1. The lowest BCUT2D eigenvalue weighted by atomic mass is 10.2. The predicted octanol–water partition coefficient (Wildman–Crippen LogP) is 4.38. The van der Waals surface area contributed by atoms with E-state index in [9.17, 15) is 9.59 Å². The summed E-state index contributed by atoms with van der Waals surface area (Å²) >= 11 is 7.30. The summed E-state index contributed by atoms with van der Waals surface area (Å²) in [5, 5.41) is 1.79. The summed E-state index contributed by atoms with van der Waals surface area (Å²) in [6, 6.07) is 14.7. The Labute approximate surface area is 173 Å². The first-order valence-electron chi connectivity index (χ1n) is 8.99. The molecule has 3 rings (SSSR count). The van der Waals surface area contributed by atoms with Gasteiger partial charge in [-0.2, -0.15) is 0 Å². The Kier molecular flexibility index (Phi) is 6.42. The van der Waals surface area contributed by atoms with E-state index in [2.05, 4.69) is 4.98 Å². The van der Waals surface area contributed by atoms with Gasteiger partial charge in [-0.25, -0.2) is 4.98 Å². The van der Waals surface area contributed by atoms with Crippen molar-refractivity contribution in [3.8, 4) is 0 Å². The fourth-order valence-corrected chi connectivity index (χ4v) is 4.20. The minimum atomic E-state index is -0.0807. The zero-order valence-corrected chi connectivity index (χ0v) is 17.6. The van der Waals surface area contributed by atoms with Gasteiger partial charge in [-0.15, -0.1) is 0 Å². The molecule has 0 N–H and O–H groups in total. The lowest BCUT2D eigenvalue weighted by Gasteiger charge is -2.19. The highest BCUT2D eigenvalue weighted by molar-refractivity contribution is 7.99. The molecule has 7 heteroatoms. The normalized spacial score (nSPS) is 11.2. The van der Waals surface area contributed by atoms with E-state index in [1.54, 1.807) is 28.6 Å². The predicted molar refractivity (Wildman–Crippen MR) is 115 cm³/mol. The summed E-state index contributed by atoms with van der Waals surface area (Å²) in [5.74, 6) is 0.164. The number of nitrogens with zero attached hydrogens (tertiary/aromatic N) is 3. The molecule has 1 amide bonds. The van der Waals surface area contributed by atoms with Crippen LogP contribution in [0.3, 0.4) is 0 Å². The van der Waals surface area contributed by atoms with Crippen LogP contribution in [0, 0.1) is 0 Å². The van der Waals surface area contributed by atoms with Gasteiger partial charge in [0.2, 0.25) is 5.91 Å². The van der Waals surface area contributed by atoms with Crippen LogP contribution in [0.25, 0.3) is 10.9 Å². The number of hydrogen-bond donors (Lipinski definition) is 0. The number of amides is 1. The fraction of sp³-hybridized carbons (Fsp3) is 0.286. The van der Waals surface area contributed by atoms with E-state index in [1.807, 2.05) is 50.2 Å². The van der Waals surface area contributed by atoms with Crippen molar-refractivity contribution in [3.05, 3.63) is 69.5 Å². The molecule has 0 aliphatic rings. The number of thioether (sulfide) groups is 1. The Hall–Kier alpha value is -2.31. The lowest BCUT2D eigenvalue weighted by molar-refractivity contribution is -0.127.